The zero-order chi connectivity index (χ0) is 14.5. The summed E-state index contributed by atoms with van der Waals surface area (Å²) >= 11 is 0. The number of ether oxygens (including phenoxy) is 1. The van der Waals surface area contributed by atoms with Crippen LogP contribution >= 0.6 is 0 Å². The molecule has 1 aromatic heterocycles. The third-order valence-electron chi connectivity index (χ3n) is 4.35. The third kappa shape index (κ3) is 3.40. The molecule has 2 rings (SSSR count). The summed E-state index contributed by atoms with van der Waals surface area (Å²) in [7, 11) is 3.78. The minimum absolute atomic E-state index is 0.308. The van der Waals surface area contributed by atoms with Crippen LogP contribution in [0.4, 0.5) is 0 Å². The van der Waals surface area contributed by atoms with Crippen molar-refractivity contribution in [3.63, 3.8) is 0 Å². The molecule has 20 heavy (non-hydrogen) atoms. The number of likely N-dealkylation sites (tertiary alicyclic amines) is 1. The van der Waals surface area contributed by atoms with Crippen molar-refractivity contribution in [3.8, 4) is 0 Å². The fraction of sp³-hybridized carbons (Fsp3) is 0.800. The lowest BCUT2D eigenvalue weighted by molar-refractivity contribution is 0.0808. The molecule has 0 aliphatic carbocycles. The van der Waals surface area contributed by atoms with Crippen molar-refractivity contribution in [2.45, 2.75) is 32.2 Å². The van der Waals surface area contributed by atoms with Gasteiger partial charge in [0.15, 0.2) is 0 Å². The van der Waals surface area contributed by atoms with E-state index in [-0.39, 0.29) is 0 Å². The first-order chi connectivity index (χ1) is 9.69. The average molecular weight is 280 g/mol. The van der Waals surface area contributed by atoms with Gasteiger partial charge in [0, 0.05) is 39.1 Å². The minimum Gasteiger partial charge on any atom is -0.384 e. The topological polar surface area (TPSA) is 56.3 Å². The number of nitrogens with zero attached hydrogens (tertiary/aromatic N) is 3. The molecular formula is C15H28N4O. The van der Waals surface area contributed by atoms with Crippen molar-refractivity contribution in [1.29, 1.82) is 0 Å². The first-order valence-corrected chi connectivity index (χ1v) is 7.65. The number of hydrogen-bond acceptors (Lipinski definition) is 4. The van der Waals surface area contributed by atoms with Crippen LogP contribution in [0.3, 0.4) is 0 Å². The number of aryl methyl sites for hydroxylation is 2. The zero-order valence-electron chi connectivity index (χ0n) is 13.0. The second-order valence-electron chi connectivity index (χ2n) is 5.74. The molecule has 5 heteroatoms. The maximum atomic E-state index is 6.06. The van der Waals surface area contributed by atoms with Gasteiger partial charge >= 0.3 is 0 Å². The molecule has 1 aliphatic heterocycles. The highest BCUT2D eigenvalue weighted by molar-refractivity contribution is 5.22. The molecule has 114 valence electrons. The van der Waals surface area contributed by atoms with Crippen LogP contribution in [0, 0.1) is 5.92 Å². The predicted octanol–water partition coefficient (Wildman–Crippen LogP) is 1.34. The minimum atomic E-state index is 0.308. The van der Waals surface area contributed by atoms with Crippen molar-refractivity contribution in [1.82, 2.24) is 14.7 Å². The van der Waals surface area contributed by atoms with Gasteiger partial charge in [-0.1, -0.05) is 6.92 Å². The van der Waals surface area contributed by atoms with Crippen molar-refractivity contribution in [2.75, 3.05) is 33.4 Å². The monoisotopic (exact) mass is 280 g/mol. The van der Waals surface area contributed by atoms with Crippen LogP contribution in [0.1, 0.15) is 37.1 Å². The van der Waals surface area contributed by atoms with E-state index in [9.17, 15) is 0 Å². The third-order valence-corrected chi connectivity index (χ3v) is 4.35. The van der Waals surface area contributed by atoms with E-state index in [4.69, 9.17) is 10.5 Å². The standard InChI is InChI=1S/C15H28N4O/c1-4-14-13(10-18(2)17-14)15(9-16)19-7-5-12(6-8-19)11-20-3/h10,12,15H,4-9,11,16H2,1-3H3. The van der Waals surface area contributed by atoms with E-state index in [2.05, 4.69) is 23.1 Å². The van der Waals surface area contributed by atoms with Gasteiger partial charge in [0.1, 0.15) is 0 Å². The van der Waals surface area contributed by atoms with Crippen LogP contribution in [0.5, 0.6) is 0 Å². The van der Waals surface area contributed by atoms with Crippen LogP contribution in [0.25, 0.3) is 0 Å². The molecule has 1 saturated heterocycles. The Morgan fingerprint density at radius 2 is 2.15 bits per heavy atom. The molecule has 5 nitrogen and oxygen atoms in total. The summed E-state index contributed by atoms with van der Waals surface area (Å²) in [4.78, 5) is 2.52. The summed E-state index contributed by atoms with van der Waals surface area (Å²) in [6, 6.07) is 0.308. The Morgan fingerprint density at radius 1 is 1.45 bits per heavy atom. The molecule has 0 aromatic carbocycles. The molecule has 1 unspecified atom stereocenters. The Morgan fingerprint density at radius 3 is 2.70 bits per heavy atom. The fourth-order valence-electron chi connectivity index (χ4n) is 3.25. The molecule has 0 saturated carbocycles. The van der Waals surface area contributed by atoms with Gasteiger partial charge < -0.3 is 10.5 Å². The number of nitrogens with two attached hydrogens (primary N) is 1. The van der Waals surface area contributed by atoms with E-state index < -0.39 is 0 Å². The maximum absolute atomic E-state index is 6.06. The second-order valence-corrected chi connectivity index (χ2v) is 5.74. The van der Waals surface area contributed by atoms with Crippen LogP contribution in [-0.2, 0) is 18.2 Å². The molecule has 0 amide bonds. The summed E-state index contributed by atoms with van der Waals surface area (Å²) in [6.45, 7) is 5.91. The number of methoxy groups -OCH3 is 1. The van der Waals surface area contributed by atoms with E-state index in [1.807, 2.05) is 11.7 Å². The van der Waals surface area contributed by atoms with E-state index in [0.717, 1.165) is 26.1 Å². The smallest absolute Gasteiger partial charge is 0.0670 e. The highest BCUT2D eigenvalue weighted by Gasteiger charge is 2.27. The molecule has 1 fully saturated rings. The van der Waals surface area contributed by atoms with Gasteiger partial charge in [-0.3, -0.25) is 9.58 Å². The Balaban J connectivity index is 2.05. The van der Waals surface area contributed by atoms with Crippen molar-refractivity contribution in [2.24, 2.45) is 18.7 Å². The first-order valence-electron chi connectivity index (χ1n) is 7.65. The molecular weight excluding hydrogens is 252 g/mol. The average Bonchev–Trinajstić information content (AvgIpc) is 2.83. The molecule has 2 N–H and O–H groups in total. The van der Waals surface area contributed by atoms with Gasteiger partial charge in [-0.05, 0) is 38.3 Å². The van der Waals surface area contributed by atoms with Gasteiger partial charge in [-0.2, -0.15) is 5.10 Å². The van der Waals surface area contributed by atoms with Gasteiger partial charge in [-0.15, -0.1) is 0 Å². The van der Waals surface area contributed by atoms with Crippen molar-refractivity contribution >= 4 is 0 Å². The Hall–Kier alpha value is -0.910. The summed E-state index contributed by atoms with van der Waals surface area (Å²) in [5.74, 6) is 0.703. The largest absolute Gasteiger partial charge is 0.384 e. The van der Waals surface area contributed by atoms with Crippen molar-refractivity contribution < 1.29 is 4.74 Å². The number of piperidine rings is 1. The fourth-order valence-corrected chi connectivity index (χ4v) is 3.25. The number of aromatic nitrogens is 2. The lowest BCUT2D eigenvalue weighted by atomic mass is 9.94. The molecule has 1 aliphatic rings. The van der Waals surface area contributed by atoms with Gasteiger partial charge in [0.05, 0.1) is 11.7 Å². The molecule has 0 spiro atoms. The summed E-state index contributed by atoms with van der Waals surface area (Å²) in [5, 5.41) is 4.55. The lowest BCUT2D eigenvalue weighted by Crippen LogP contribution is -2.40. The Labute approximate surface area is 122 Å². The van der Waals surface area contributed by atoms with E-state index in [1.165, 1.54) is 24.1 Å². The SMILES string of the molecule is CCc1nn(C)cc1C(CN)N1CCC(COC)CC1. The van der Waals surface area contributed by atoms with Crippen LogP contribution in [0.15, 0.2) is 6.20 Å². The summed E-state index contributed by atoms with van der Waals surface area (Å²) < 4.78 is 7.18. The van der Waals surface area contributed by atoms with Gasteiger partial charge in [-0.25, -0.2) is 0 Å². The molecule has 0 radical (unpaired) electrons. The van der Waals surface area contributed by atoms with Gasteiger partial charge in [0.2, 0.25) is 0 Å². The summed E-state index contributed by atoms with van der Waals surface area (Å²) in [5.41, 5.74) is 8.55. The highest BCUT2D eigenvalue weighted by atomic mass is 16.5. The normalized spacial score (nSPS) is 19.4. The van der Waals surface area contributed by atoms with E-state index >= 15 is 0 Å². The molecule has 0 bridgehead atoms. The quantitative estimate of drug-likeness (QED) is 0.854. The Bertz CT molecular complexity index is 410. The van der Waals surface area contributed by atoms with Gasteiger partial charge in [0.25, 0.3) is 0 Å². The second kappa shape index (κ2) is 7.20. The van der Waals surface area contributed by atoms with Crippen LogP contribution in [-0.4, -0.2) is 48.0 Å². The predicted molar refractivity (Wildman–Crippen MR) is 80.6 cm³/mol. The maximum Gasteiger partial charge on any atom is 0.0670 e. The first kappa shape index (κ1) is 15.5. The van der Waals surface area contributed by atoms with Crippen LogP contribution in [0.2, 0.25) is 0 Å². The number of rotatable bonds is 6. The highest BCUT2D eigenvalue weighted by Crippen LogP contribution is 2.28. The van der Waals surface area contributed by atoms with Crippen LogP contribution < -0.4 is 5.73 Å². The number of hydrogen-bond donors (Lipinski definition) is 1. The Kier molecular flexibility index (Phi) is 5.57. The van der Waals surface area contributed by atoms with Crippen molar-refractivity contribution in [3.05, 3.63) is 17.5 Å². The molecule has 1 aromatic rings. The van der Waals surface area contributed by atoms with E-state index in [0.29, 0.717) is 18.5 Å². The zero-order valence-corrected chi connectivity index (χ0v) is 13.0. The lowest BCUT2D eigenvalue weighted by Gasteiger charge is -2.37. The molecule has 2 heterocycles. The summed E-state index contributed by atoms with van der Waals surface area (Å²) in [6.07, 6.45) is 5.50. The van der Waals surface area contributed by atoms with E-state index in [1.54, 1.807) is 7.11 Å². The molecule has 1 atom stereocenters.